The smallest absolute Gasteiger partial charge is 0.333 e. The van der Waals surface area contributed by atoms with Gasteiger partial charge >= 0.3 is 11.9 Å². The predicted molar refractivity (Wildman–Crippen MR) is 133 cm³/mol. The van der Waals surface area contributed by atoms with Crippen molar-refractivity contribution in [2.75, 3.05) is 13.2 Å². The summed E-state index contributed by atoms with van der Waals surface area (Å²) in [5.74, 6) is 1.12. The molecular formula is C29H32O6. The number of hydrogen-bond acceptors (Lipinski definition) is 6. The first-order chi connectivity index (χ1) is 16.9. The molecule has 2 aromatic rings. The highest BCUT2D eigenvalue weighted by atomic mass is 16.6. The minimum Gasteiger partial charge on any atom is -0.494 e. The van der Waals surface area contributed by atoms with Gasteiger partial charge in [0.25, 0.3) is 0 Å². The average Bonchev–Trinajstić information content (AvgIpc) is 3.34. The van der Waals surface area contributed by atoms with Crippen LogP contribution >= 0.6 is 0 Å². The van der Waals surface area contributed by atoms with E-state index in [4.69, 9.17) is 18.9 Å². The second-order valence-electron chi connectivity index (χ2n) is 9.16. The first kappa shape index (κ1) is 24.6. The van der Waals surface area contributed by atoms with Crippen LogP contribution in [0.3, 0.4) is 0 Å². The standard InChI is InChI=1S/C29H32O6/c1-19-16-23(10-13-27(19)33-15-5-7-26-18-21(3)29(31)35-26)22-8-11-24(12-9-22)32-14-4-6-25-17-20(2)28(30)34-25/h8-13,16,25-26H,2-7,14-15,17-18H2,1H3. The highest BCUT2D eigenvalue weighted by Crippen LogP contribution is 2.29. The Bertz CT molecular complexity index is 1070. The Kier molecular flexibility index (Phi) is 7.91. The molecule has 6 heteroatoms. The summed E-state index contributed by atoms with van der Waals surface area (Å²) < 4.78 is 22.3. The van der Waals surface area contributed by atoms with Crippen LogP contribution < -0.4 is 9.47 Å². The highest BCUT2D eigenvalue weighted by molar-refractivity contribution is 5.90. The lowest BCUT2D eigenvalue weighted by Crippen LogP contribution is -2.09. The van der Waals surface area contributed by atoms with Crippen LogP contribution in [0.2, 0.25) is 0 Å². The molecule has 2 aliphatic rings. The van der Waals surface area contributed by atoms with E-state index in [0.717, 1.165) is 53.9 Å². The van der Waals surface area contributed by atoms with Crippen molar-refractivity contribution >= 4 is 11.9 Å². The number of ether oxygens (including phenoxy) is 4. The molecule has 2 saturated heterocycles. The summed E-state index contributed by atoms with van der Waals surface area (Å²) in [6.45, 7) is 10.6. The molecule has 2 unspecified atom stereocenters. The molecule has 2 heterocycles. The monoisotopic (exact) mass is 476 g/mol. The third-order valence-electron chi connectivity index (χ3n) is 6.30. The lowest BCUT2D eigenvalue weighted by Gasteiger charge is -2.13. The normalized spacial score (nSPS) is 19.6. The van der Waals surface area contributed by atoms with Gasteiger partial charge in [-0.25, -0.2) is 9.59 Å². The topological polar surface area (TPSA) is 71.1 Å². The van der Waals surface area contributed by atoms with Crippen molar-refractivity contribution in [3.8, 4) is 22.6 Å². The molecule has 0 amide bonds. The molecule has 35 heavy (non-hydrogen) atoms. The zero-order valence-corrected chi connectivity index (χ0v) is 20.2. The van der Waals surface area contributed by atoms with Gasteiger partial charge < -0.3 is 18.9 Å². The molecule has 2 atom stereocenters. The number of esters is 2. The summed E-state index contributed by atoms with van der Waals surface area (Å²) in [4.78, 5) is 22.8. The molecular weight excluding hydrogens is 444 g/mol. The van der Waals surface area contributed by atoms with Crippen molar-refractivity contribution in [2.24, 2.45) is 0 Å². The van der Waals surface area contributed by atoms with E-state index in [2.05, 4.69) is 25.3 Å². The zero-order chi connectivity index (χ0) is 24.8. The summed E-state index contributed by atoms with van der Waals surface area (Å²) in [7, 11) is 0. The molecule has 0 saturated carbocycles. The van der Waals surface area contributed by atoms with Crippen LogP contribution in [0.1, 0.15) is 44.1 Å². The van der Waals surface area contributed by atoms with E-state index in [-0.39, 0.29) is 24.1 Å². The van der Waals surface area contributed by atoms with E-state index in [1.54, 1.807) is 0 Å². The molecule has 184 valence electrons. The molecule has 0 spiro atoms. The summed E-state index contributed by atoms with van der Waals surface area (Å²) in [5.41, 5.74) is 4.40. The Morgan fingerprint density at radius 3 is 1.86 bits per heavy atom. The van der Waals surface area contributed by atoms with Crippen LogP contribution in [0.15, 0.2) is 66.8 Å². The third-order valence-corrected chi connectivity index (χ3v) is 6.30. The quantitative estimate of drug-likeness (QED) is 0.235. The third kappa shape index (κ3) is 6.53. The second kappa shape index (κ2) is 11.3. The van der Waals surface area contributed by atoms with E-state index in [1.165, 1.54) is 0 Å². The number of aryl methyl sites for hydroxylation is 1. The lowest BCUT2D eigenvalue weighted by molar-refractivity contribution is -0.140. The number of carbonyl (C=O) groups is 2. The number of carbonyl (C=O) groups excluding carboxylic acids is 2. The number of benzene rings is 2. The Morgan fingerprint density at radius 1 is 0.800 bits per heavy atom. The largest absolute Gasteiger partial charge is 0.494 e. The summed E-state index contributed by atoms with van der Waals surface area (Å²) in [6, 6.07) is 14.2. The first-order valence-corrected chi connectivity index (χ1v) is 12.1. The molecule has 4 rings (SSSR count). The molecule has 0 aromatic heterocycles. The van der Waals surface area contributed by atoms with Crippen molar-refractivity contribution in [3.05, 3.63) is 72.3 Å². The molecule has 0 radical (unpaired) electrons. The minimum absolute atomic E-state index is 0.0661. The van der Waals surface area contributed by atoms with Gasteiger partial charge in [-0.3, -0.25) is 0 Å². The van der Waals surface area contributed by atoms with E-state index < -0.39 is 0 Å². The Labute approximate surface area is 206 Å². The summed E-state index contributed by atoms with van der Waals surface area (Å²) >= 11 is 0. The van der Waals surface area contributed by atoms with Gasteiger partial charge in [-0.2, -0.15) is 0 Å². The fraction of sp³-hybridized carbons (Fsp3) is 0.379. The Balaban J connectivity index is 1.20. The number of cyclic esters (lactones) is 2. The second-order valence-corrected chi connectivity index (χ2v) is 9.16. The van der Waals surface area contributed by atoms with E-state index in [1.807, 2.05) is 37.3 Å². The van der Waals surface area contributed by atoms with Crippen molar-refractivity contribution < 1.29 is 28.5 Å². The minimum atomic E-state index is -0.276. The van der Waals surface area contributed by atoms with Gasteiger partial charge in [0, 0.05) is 24.0 Å². The molecule has 0 bridgehead atoms. The molecule has 2 fully saturated rings. The van der Waals surface area contributed by atoms with E-state index in [9.17, 15) is 9.59 Å². The zero-order valence-electron chi connectivity index (χ0n) is 20.2. The van der Waals surface area contributed by atoms with Crippen LogP contribution in [0, 0.1) is 6.92 Å². The van der Waals surface area contributed by atoms with E-state index >= 15 is 0 Å². The van der Waals surface area contributed by atoms with Crippen LogP contribution in [-0.4, -0.2) is 37.4 Å². The maximum atomic E-state index is 11.4. The summed E-state index contributed by atoms with van der Waals surface area (Å²) in [6.07, 6.45) is 4.28. The predicted octanol–water partition coefficient (Wildman–Crippen LogP) is 5.72. The van der Waals surface area contributed by atoms with Crippen LogP contribution in [-0.2, 0) is 19.1 Å². The molecule has 2 aromatic carbocycles. The average molecular weight is 477 g/mol. The molecule has 2 aliphatic heterocycles. The Morgan fingerprint density at radius 2 is 1.34 bits per heavy atom. The highest BCUT2D eigenvalue weighted by Gasteiger charge is 2.27. The molecule has 6 nitrogen and oxygen atoms in total. The van der Waals surface area contributed by atoms with Gasteiger partial charge in [-0.15, -0.1) is 0 Å². The van der Waals surface area contributed by atoms with Crippen molar-refractivity contribution in [1.82, 2.24) is 0 Å². The lowest BCUT2D eigenvalue weighted by atomic mass is 10.0. The SMILES string of the molecule is C=C1CC(CCCOc2ccc(-c3ccc(OCCCC4CC(=C)C(=O)O4)c(C)c3)cc2)OC1=O. The maximum Gasteiger partial charge on any atom is 0.333 e. The number of rotatable bonds is 11. The first-order valence-electron chi connectivity index (χ1n) is 12.1. The Hall–Kier alpha value is -3.54. The van der Waals surface area contributed by atoms with Gasteiger partial charge in [0.15, 0.2) is 0 Å². The van der Waals surface area contributed by atoms with Crippen LogP contribution in [0.4, 0.5) is 0 Å². The van der Waals surface area contributed by atoms with Crippen molar-refractivity contribution in [2.45, 2.75) is 57.7 Å². The summed E-state index contributed by atoms with van der Waals surface area (Å²) in [5, 5.41) is 0. The van der Waals surface area contributed by atoms with E-state index in [0.29, 0.717) is 37.2 Å². The number of hydrogen-bond donors (Lipinski definition) is 0. The van der Waals surface area contributed by atoms with Gasteiger partial charge in [0.05, 0.1) is 13.2 Å². The van der Waals surface area contributed by atoms with Crippen molar-refractivity contribution in [1.29, 1.82) is 0 Å². The van der Waals surface area contributed by atoms with Gasteiger partial charge in [-0.1, -0.05) is 31.4 Å². The van der Waals surface area contributed by atoms with Gasteiger partial charge in [-0.05, 0) is 73.6 Å². The molecule has 0 N–H and O–H groups in total. The van der Waals surface area contributed by atoms with Crippen molar-refractivity contribution in [3.63, 3.8) is 0 Å². The fourth-order valence-electron chi connectivity index (χ4n) is 4.32. The van der Waals surface area contributed by atoms with Crippen LogP contribution in [0.5, 0.6) is 11.5 Å². The van der Waals surface area contributed by atoms with Gasteiger partial charge in [0.2, 0.25) is 0 Å². The maximum absolute atomic E-state index is 11.4. The molecule has 0 aliphatic carbocycles. The van der Waals surface area contributed by atoms with Gasteiger partial charge in [0.1, 0.15) is 23.7 Å². The fourth-order valence-corrected chi connectivity index (χ4v) is 4.32. The van der Waals surface area contributed by atoms with Crippen LogP contribution in [0.25, 0.3) is 11.1 Å².